The Morgan fingerprint density at radius 1 is 1.38 bits per heavy atom. The van der Waals surface area contributed by atoms with E-state index < -0.39 is 0 Å². The zero-order valence-electron chi connectivity index (χ0n) is 8.81. The zero-order chi connectivity index (χ0) is 9.64. The Bertz CT molecular complexity index is 283. The Morgan fingerprint density at radius 3 is 2.69 bits per heavy atom. The first-order valence-electron chi connectivity index (χ1n) is 5.29. The summed E-state index contributed by atoms with van der Waals surface area (Å²) in [7, 11) is 0. The first kappa shape index (κ1) is 8.98. The molecule has 72 valence electrons. The fourth-order valence-corrected chi connectivity index (χ4v) is 2.91. The maximum absolute atomic E-state index is 11.8. The van der Waals surface area contributed by atoms with E-state index in [1.165, 1.54) is 30.4 Å². The van der Waals surface area contributed by atoms with E-state index in [-0.39, 0.29) is 5.41 Å². The SMILES string of the molecule is C[C@H]1CCCC2=C1C(=O)CC2(C)C. The molecule has 0 heterocycles. The highest BCUT2D eigenvalue weighted by Gasteiger charge is 2.40. The Balaban J connectivity index is 2.45. The van der Waals surface area contributed by atoms with Gasteiger partial charge in [-0.15, -0.1) is 0 Å². The van der Waals surface area contributed by atoms with Crippen molar-refractivity contribution in [3.63, 3.8) is 0 Å². The predicted octanol–water partition coefficient (Wildman–Crippen LogP) is 3.10. The fourth-order valence-electron chi connectivity index (χ4n) is 2.91. The molecule has 0 spiro atoms. The lowest BCUT2D eigenvalue weighted by Crippen LogP contribution is -2.14. The van der Waals surface area contributed by atoms with Gasteiger partial charge in [0.05, 0.1) is 0 Å². The number of rotatable bonds is 0. The minimum absolute atomic E-state index is 0.168. The van der Waals surface area contributed by atoms with Crippen LogP contribution in [-0.4, -0.2) is 5.78 Å². The summed E-state index contributed by atoms with van der Waals surface area (Å²) >= 11 is 0. The lowest BCUT2D eigenvalue weighted by atomic mass is 9.78. The molecule has 0 amide bonds. The molecule has 0 N–H and O–H groups in total. The fraction of sp³-hybridized carbons (Fsp3) is 0.750. The second kappa shape index (κ2) is 2.70. The molecule has 13 heavy (non-hydrogen) atoms. The minimum Gasteiger partial charge on any atom is -0.295 e. The standard InChI is InChI=1S/C12H18O/c1-8-5-4-6-9-11(8)10(13)7-12(9,2)3/h8H,4-7H2,1-3H3/t8-/m0/s1. The normalized spacial score (nSPS) is 32.2. The van der Waals surface area contributed by atoms with E-state index in [1.807, 2.05) is 0 Å². The summed E-state index contributed by atoms with van der Waals surface area (Å²) in [5.41, 5.74) is 2.83. The largest absolute Gasteiger partial charge is 0.295 e. The summed E-state index contributed by atoms with van der Waals surface area (Å²) in [6, 6.07) is 0. The van der Waals surface area contributed by atoms with Crippen LogP contribution in [0, 0.1) is 11.3 Å². The van der Waals surface area contributed by atoms with Gasteiger partial charge in [-0.2, -0.15) is 0 Å². The van der Waals surface area contributed by atoms with Crippen LogP contribution in [0.1, 0.15) is 46.5 Å². The number of ketones is 1. The van der Waals surface area contributed by atoms with E-state index in [9.17, 15) is 4.79 Å². The lowest BCUT2D eigenvalue weighted by Gasteiger charge is -2.27. The third kappa shape index (κ3) is 1.25. The van der Waals surface area contributed by atoms with E-state index in [0.29, 0.717) is 11.7 Å². The average Bonchev–Trinajstić information content (AvgIpc) is 2.24. The quantitative estimate of drug-likeness (QED) is 0.557. The molecule has 1 atom stereocenters. The molecule has 0 fully saturated rings. The monoisotopic (exact) mass is 178 g/mol. The highest BCUT2D eigenvalue weighted by Crippen LogP contribution is 2.48. The van der Waals surface area contributed by atoms with Crippen molar-refractivity contribution in [2.45, 2.75) is 46.5 Å². The predicted molar refractivity (Wildman–Crippen MR) is 53.4 cm³/mol. The van der Waals surface area contributed by atoms with Gasteiger partial charge in [0.15, 0.2) is 5.78 Å². The van der Waals surface area contributed by atoms with E-state index in [4.69, 9.17) is 0 Å². The molecule has 0 unspecified atom stereocenters. The van der Waals surface area contributed by atoms with Gasteiger partial charge in [-0.25, -0.2) is 0 Å². The van der Waals surface area contributed by atoms with Gasteiger partial charge in [0, 0.05) is 6.42 Å². The van der Waals surface area contributed by atoms with Crippen molar-refractivity contribution in [2.75, 3.05) is 0 Å². The minimum atomic E-state index is 0.168. The third-order valence-electron chi connectivity index (χ3n) is 3.60. The van der Waals surface area contributed by atoms with Gasteiger partial charge in [-0.3, -0.25) is 4.79 Å². The van der Waals surface area contributed by atoms with Gasteiger partial charge in [-0.1, -0.05) is 26.3 Å². The molecule has 0 bridgehead atoms. The van der Waals surface area contributed by atoms with Gasteiger partial charge >= 0.3 is 0 Å². The van der Waals surface area contributed by atoms with Crippen molar-refractivity contribution in [1.82, 2.24) is 0 Å². The summed E-state index contributed by atoms with van der Waals surface area (Å²) in [6.07, 6.45) is 4.40. The summed E-state index contributed by atoms with van der Waals surface area (Å²) in [5, 5.41) is 0. The molecule has 0 saturated carbocycles. The van der Waals surface area contributed by atoms with Gasteiger partial charge < -0.3 is 0 Å². The smallest absolute Gasteiger partial charge is 0.159 e. The van der Waals surface area contributed by atoms with Crippen molar-refractivity contribution in [2.24, 2.45) is 11.3 Å². The number of hydrogen-bond donors (Lipinski definition) is 0. The van der Waals surface area contributed by atoms with Crippen LogP contribution in [0.25, 0.3) is 0 Å². The second-order valence-electron chi connectivity index (χ2n) is 5.17. The van der Waals surface area contributed by atoms with Crippen molar-refractivity contribution in [3.8, 4) is 0 Å². The van der Waals surface area contributed by atoms with Gasteiger partial charge in [0.2, 0.25) is 0 Å². The number of allylic oxidation sites excluding steroid dienone is 2. The van der Waals surface area contributed by atoms with Crippen molar-refractivity contribution in [1.29, 1.82) is 0 Å². The second-order valence-corrected chi connectivity index (χ2v) is 5.17. The van der Waals surface area contributed by atoms with Crippen LogP contribution in [0.15, 0.2) is 11.1 Å². The highest BCUT2D eigenvalue weighted by molar-refractivity contribution is 6.00. The van der Waals surface area contributed by atoms with Crippen molar-refractivity contribution < 1.29 is 4.79 Å². The molecule has 2 aliphatic rings. The zero-order valence-corrected chi connectivity index (χ0v) is 8.81. The van der Waals surface area contributed by atoms with Gasteiger partial charge in [0.1, 0.15) is 0 Å². The first-order chi connectivity index (χ1) is 6.02. The molecule has 0 saturated heterocycles. The molecule has 0 aliphatic heterocycles. The Kier molecular flexibility index (Phi) is 1.86. The van der Waals surface area contributed by atoms with Gasteiger partial charge in [0.25, 0.3) is 0 Å². The topological polar surface area (TPSA) is 17.1 Å². The van der Waals surface area contributed by atoms with Crippen molar-refractivity contribution >= 4 is 5.78 Å². The molecule has 0 aromatic heterocycles. The summed E-state index contributed by atoms with van der Waals surface area (Å²) in [5.74, 6) is 0.949. The molecule has 0 aromatic rings. The lowest BCUT2D eigenvalue weighted by molar-refractivity contribution is -0.116. The molecule has 0 radical (unpaired) electrons. The van der Waals surface area contributed by atoms with E-state index >= 15 is 0 Å². The Labute approximate surface area is 80.2 Å². The van der Waals surface area contributed by atoms with Crippen LogP contribution >= 0.6 is 0 Å². The van der Waals surface area contributed by atoms with Crippen LogP contribution in [0.5, 0.6) is 0 Å². The van der Waals surface area contributed by atoms with E-state index in [2.05, 4.69) is 20.8 Å². The van der Waals surface area contributed by atoms with Crippen LogP contribution < -0.4 is 0 Å². The molecule has 0 aromatic carbocycles. The average molecular weight is 178 g/mol. The maximum atomic E-state index is 11.8. The molecule has 2 rings (SSSR count). The van der Waals surface area contributed by atoms with Crippen LogP contribution in [0.4, 0.5) is 0 Å². The summed E-state index contributed by atoms with van der Waals surface area (Å²) in [4.78, 5) is 11.8. The highest BCUT2D eigenvalue weighted by atomic mass is 16.1. The molecule has 1 heteroatoms. The van der Waals surface area contributed by atoms with E-state index in [1.54, 1.807) is 0 Å². The maximum Gasteiger partial charge on any atom is 0.159 e. The molecular formula is C12H18O. The van der Waals surface area contributed by atoms with E-state index in [0.717, 1.165) is 6.42 Å². The number of Topliss-reactive ketones (excluding diaryl/α,β-unsaturated/α-hetero) is 1. The van der Waals surface area contributed by atoms with Crippen LogP contribution in [0.3, 0.4) is 0 Å². The van der Waals surface area contributed by atoms with Crippen LogP contribution in [-0.2, 0) is 4.79 Å². The number of carbonyl (C=O) groups excluding carboxylic acids is 1. The van der Waals surface area contributed by atoms with Gasteiger partial charge in [-0.05, 0) is 36.2 Å². The number of hydrogen-bond acceptors (Lipinski definition) is 1. The van der Waals surface area contributed by atoms with Crippen molar-refractivity contribution in [3.05, 3.63) is 11.1 Å². The Hall–Kier alpha value is -0.590. The molecule has 2 aliphatic carbocycles. The van der Waals surface area contributed by atoms with Crippen LogP contribution in [0.2, 0.25) is 0 Å². The summed E-state index contributed by atoms with van der Waals surface area (Å²) in [6.45, 7) is 6.63. The summed E-state index contributed by atoms with van der Waals surface area (Å²) < 4.78 is 0. The Morgan fingerprint density at radius 2 is 2.08 bits per heavy atom. The number of carbonyl (C=O) groups is 1. The molecule has 1 nitrogen and oxygen atoms in total. The third-order valence-corrected chi connectivity index (χ3v) is 3.60. The first-order valence-corrected chi connectivity index (χ1v) is 5.29. The molecular weight excluding hydrogens is 160 g/mol.